The van der Waals surface area contributed by atoms with Crippen LogP contribution >= 0.6 is 0 Å². The summed E-state index contributed by atoms with van der Waals surface area (Å²) in [4.78, 5) is 15.1. The molecule has 54 heavy (non-hydrogen) atoms. The molecule has 6 aromatic rings. The molecule has 6 atom stereocenters. The van der Waals surface area contributed by atoms with Crippen LogP contribution in [0.3, 0.4) is 0 Å². The molecule has 6 aromatic heterocycles. The zero-order valence-electron chi connectivity index (χ0n) is 30.6. The van der Waals surface area contributed by atoms with Gasteiger partial charge in [0.05, 0.1) is 33.9 Å². The van der Waals surface area contributed by atoms with Crippen molar-refractivity contribution in [3.63, 3.8) is 0 Å². The summed E-state index contributed by atoms with van der Waals surface area (Å²) in [6.07, 6.45) is 16.4. The minimum atomic E-state index is -3.12. The molecule has 4 N–H and O–H groups in total. The van der Waals surface area contributed by atoms with Crippen molar-refractivity contribution < 1.29 is 16.8 Å². The van der Waals surface area contributed by atoms with Crippen molar-refractivity contribution in [1.29, 1.82) is 0 Å². The summed E-state index contributed by atoms with van der Waals surface area (Å²) in [6.45, 7) is 5.46. The Hall–Kier alpha value is -4.00. The van der Waals surface area contributed by atoms with Gasteiger partial charge in [-0.3, -0.25) is 8.80 Å². The van der Waals surface area contributed by atoms with Crippen molar-refractivity contribution in [1.82, 2.24) is 58.6 Å². The van der Waals surface area contributed by atoms with Gasteiger partial charge in [-0.15, -0.1) is 20.4 Å². The first-order valence-corrected chi connectivity index (χ1v) is 22.5. The van der Waals surface area contributed by atoms with Gasteiger partial charge in [0.25, 0.3) is 0 Å². The molecule has 0 aromatic carbocycles. The van der Waals surface area contributed by atoms with E-state index in [9.17, 15) is 16.8 Å². The molecule has 16 nitrogen and oxygen atoms in total. The second kappa shape index (κ2) is 13.9. The van der Waals surface area contributed by atoms with Crippen LogP contribution in [0, 0.1) is 23.7 Å². The molecule has 6 heterocycles. The lowest BCUT2D eigenvalue weighted by atomic mass is 9.93. The Morgan fingerprint density at radius 2 is 1.07 bits per heavy atom. The maximum atomic E-state index is 12.2. The Balaban J connectivity index is 0.000000142. The smallest absolute Gasteiger partial charge is 0.214 e. The van der Waals surface area contributed by atoms with E-state index in [2.05, 4.69) is 72.4 Å². The van der Waals surface area contributed by atoms with Crippen molar-refractivity contribution in [2.45, 2.75) is 100 Å². The topological polar surface area (TPSA) is 210 Å². The summed E-state index contributed by atoms with van der Waals surface area (Å²) in [5, 5.41) is 17.4. The highest BCUT2D eigenvalue weighted by Crippen LogP contribution is 2.46. The standard InChI is InChI=1S/2C18H24N6O2S/c2*1-2-12-7-11(9-21-27(25,26)13-3-4-13)8-14(12)18-23-22-16-10-20-17-15(24(16)18)5-6-19-17/h2*5-6,10-14,19,21H,2-4,7-9H2,1H3/t2*11-,12+,14-/m10/s1. The predicted octanol–water partition coefficient (Wildman–Crippen LogP) is 4.41. The molecule has 4 aliphatic rings. The van der Waals surface area contributed by atoms with Gasteiger partial charge < -0.3 is 9.97 Å². The van der Waals surface area contributed by atoms with Crippen molar-refractivity contribution in [3.8, 4) is 0 Å². The Bertz CT molecular complexity index is 2340. The van der Waals surface area contributed by atoms with Gasteiger partial charge in [0.1, 0.15) is 11.6 Å². The Morgan fingerprint density at radius 1 is 0.648 bits per heavy atom. The summed E-state index contributed by atoms with van der Waals surface area (Å²) in [5.41, 5.74) is 5.13. The maximum absolute atomic E-state index is 12.2. The number of fused-ring (bicyclic) bond motifs is 6. The molecule has 0 unspecified atom stereocenters. The van der Waals surface area contributed by atoms with Crippen molar-refractivity contribution in [3.05, 3.63) is 48.6 Å². The minimum Gasteiger partial charge on any atom is -0.345 e. The highest BCUT2D eigenvalue weighted by atomic mass is 32.2. The van der Waals surface area contributed by atoms with Crippen molar-refractivity contribution in [2.24, 2.45) is 23.7 Å². The van der Waals surface area contributed by atoms with E-state index in [1.54, 1.807) is 12.4 Å². The number of aromatic nitrogens is 10. The fourth-order valence-electron chi connectivity index (χ4n) is 9.09. The quantitative estimate of drug-likeness (QED) is 0.138. The molecule has 4 aliphatic carbocycles. The third kappa shape index (κ3) is 6.68. The molecule has 4 fully saturated rings. The van der Waals surface area contributed by atoms with Gasteiger partial charge in [-0.25, -0.2) is 36.2 Å². The first-order valence-electron chi connectivity index (χ1n) is 19.4. The molecule has 4 saturated carbocycles. The second-order valence-corrected chi connectivity index (χ2v) is 19.9. The Kier molecular flexibility index (Phi) is 9.21. The average molecular weight is 777 g/mol. The van der Waals surface area contributed by atoms with E-state index in [-0.39, 0.29) is 22.3 Å². The Morgan fingerprint density at radius 3 is 1.46 bits per heavy atom. The summed E-state index contributed by atoms with van der Waals surface area (Å²) in [7, 11) is -6.24. The van der Waals surface area contributed by atoms with Gasteiger partial charge in [-0.05, 0) is 87.2 Å². The monoisotopic (exact) mass is 776 g/mol. The maximum Gasteiger partial charge on any atom is 0.214 e. The number of rotatable bonds is 12. The van der Waals surface area contributed by atoms with E-state index < -0.39 is 20.0 Å². The number of hydrogen-bond acceptors (Lipinski definition) is 10. The average Bonchev–Trinajstić information content (AvgIpc) is 3.78. The van der Waals surface area contributed by atoms with Gasteiger partial charge in [0.15, 0.2) is 22.6 Å². The van der Waals surface area contributed by atoms with Gasteiger partial charge in [0, 0.05) is 37.3 Å². The van der Waals surface area contributed by atoms with E-state index in [1.807, 2.05) is 24.5 Å². The van der Waals surface area contributed by atoms with Crippen LogP contribution in [0.1, 0.15) is 102 Å². The number of sulfonamides is 2. The van der Waals surface area contributed by atoms with Crippen LogP contribution in [-0.2, 0) is 20.0 Å². The fraction of sp³-hybridized carbons (Fsp3) is 0.611. The molecular weight excluding hydrogens is 729 g/mol. The number of nitrogens with zero attached hydrogens (tertiary/aromatic N) is 8. The van der Waals surface area contributed by atoms with Crippen LogP contribution in [0.4, 0.5) is 0 Å². The molecule has 0 radical (unpaired) electrons. The van der Waals surface area contributed by atoms with Crippen LogP contribution in [0.2, 0.25) is 0 Å². The summed E-state index contributed by atoms with van der Waals surface area (Å²) in [6, 6.07) is 4.00. The first-order chi connectivity index (χ1) is 26.1. The predicted molar refractivity (Wildman–Crippen MR) is 204 cm³/mol. The summed E-state index contributed by atoms with van der Waals surface area (Å²) >= 11 is 0. The molecular formula is C36H48N12O4S2. The number of aromatic amines is 2. The molecule has 0 bridgehead atoms. The first kappa shape index (κ1) is 35.7. The largest absolute Gasteiger partial charge is 0.345 e. The molecule has 0 saturated heterocycles. The molecule has 18 heteroatoms. The Labute approximate surface area is 313 Å². The van der Waals surface area contributed by atoms with Crippen LogP contribution in [0.5, 0.6) is 0 Å². The second-order valence-electron chi connectivity index (χ2n) is 15.9. The van der Waals surface area contributed by atoms with Crippen LogP contribution in [0.25, 0.3) is 33.6 Å². The molecule has 0 spiro atoms. The van der Waals surface area contributed by atoms with Crippen molar-refractivity contribution in [2.75, 3.05) is 13.1 Å². The molecule has 10 rings (SSSR count). The summed E-state index contributed by atoms with van der Waals surface area (Å²) in [5.74, 6) is 4.13. The molecule has 0 aliphatic heterocycles. The van der Waals surface area contributed by atoms with E-state index in [4.69, 9.17) is 0 Å². The summed E-state index contributed by atoms with van der Waals surface area (Å²) < 4.78 is 58.5. The van der Waals surface area contributed by atoms with Crippen LogP contribution < -0.4 is 9.44 Å². The zero-order valence-corrected chi connectivity index (χ0v) is 32.2. The molecule has 288 valence electrons. The number of hydrogen-bond donors (Lipinski definition) is 4. The van der Waals surface area contributed by atoms with Crippen LogP contribution in [-0.4, -0.2) is 89.6 Å². The van der Waals surface area contributed by atoms with E-state index >= 15 is 0 Å². The molecule has 0 amide bonds. The van der Waals surface area contributed by atoms with Gasteiger partial charge in [-0.2, -0.15) is 0 Å². The highest BCUT2D eigenvalue weighted by molar-refractivity contribution is 7.90. The van der Waals surface area contributed by atoms with Gasteiger partial charge >= 0.3 is 0 Å². The normalized spacial score (nSPS) is 26.3. The van der Waals surface area contributed by atoms with E-state index in [0.29, 0.717) is 36.8 Å². The van der Waals surface area contributed by atoms with Gasteiger partial charge in [-0.1, -0.05) is 26.7 Å². The zero-order chi connectivity index (χ0) is 37.2. The lowest BCUT2D eigenvalue weighted by molar-refractivity contribution is 0.443. The SMILES string of the molecule is CC[C@@H]1C[C@H](CNS(=O)(=O)C2CC2)C[C@@H]1c1nnc2cnc3[nH]ccc3n12.CC[C@H]1C[C@@H](CNS(=O)(=O)C2CC2)C[C@H]1c1nnc2cnc3[nH]ccc3n12. The number of H-pyrrole nitrogens is 2. The van der Waals surface area contributed by atoms with E-state index in [1.165, 1.54) is 0 Å². The van der Waals surface area contributed by atoms with Gasteiger partial charge in [0.2, 0.25) is 20.0 Å². The van der Waals surface area contributed by atoms with E-state index in [0.717, 1.165) is 109 Å². The van der Waals surface area contributed by atoms with Crippen LogP contribution in [0.15, 0.2) is 36.9 Å². The minimum absolute atomic E-state index is 0.161. The fourth-order valence-corrected chi connectivity index (χ4v) is 12.0. The lowest BCUT2D eigenvalue weighted by Crippen LogP contribution is -2.31. The highest BCUT2D eigenvalue weighted by Gasteiger charge is 2.41. The lowest BCUT2D eigenvalue weighted by Gasteiger charge is -2.16. The van der Waals surface area contributed by atoms with Crippen molar-refractivity contribution >= 4 is 53.7 Å². The third-order valence-corrected chi connectivity index (χ3v) is 16.1. The number of nitrogens with one attached hydrogen (secondary N) is 4. The third-order valence-electron chi connectivity index (χ3n) is 12.3.